The minimum absolute atomic E-state index is 0.0627. The van der Waals surface area contributed by atoms with Gasteiger partial charge in [-0.2, -0.15) is 0 Å². The van der Waals surface area contributed by atoms with E-state index >= 15 is 0 Å². The molecule has 1 unspecified atom stereocenters. The van der Waals surface area contributed by atoms with Crippen LogP contribution < -0.4 is 0 Å². The number of esters is 3. The van der Waals surface area contributed by atoms with Gasteiger partial charge in [-0.1, -0.05) is 379 Å². The summed E-state index contributed by atoms with van der Waals surface area (Å²) in [6.45, 7) is 6.71. The van der Waals surface area contributed by atoms with Gasteiger partial charge < -0.3 is 14.2 Å². The van der Waals surface area contributed by atoms with Gasteiger partial charge in [0.25, 0.3) is 0 Å². The zero-order valence-corrected chi connectivity index (χ0v) is 55.8. The Morgan fingerprint density at radius 3 is 0.671 bits per heavy atom. The average molecular weight is 1150 g/mol. The van der Waals surface area contributed by atoms with Crippen LogP contribution in [-0.4, -0.2) is 37.2 Å². The molecule has 0 aromatic carbocycles. The van der Waals surface area contributed by atoms with Crippen LogP contribution >= 0.6 is 0 Å². The maximum Gasteiger partial charge on any atom is 0.306 e. The lowest BCUT2D eigenvalue weighted by Gasteiger charge is -2.18. The van der Waals surface area contributed by atoms with Crippen molar-refractivity contribution in [3.8, 4) is 0 Å². The van der Waals surface area contributed by atoms with Gasteiger partial charge in [0, 0.05) is 19.3 Å². The minimum atomic E-state index is -0.765. The number of hydrogen-bond donors (Lipinski definition) is 0. The van der Waals surface area contributed by atoms with Crippen molar-refractivity contribution in [1.29, 1.82) is 0 Å². The van der Waals surface area contributed by atoms with E-state index in [-0.39, 0.29) is 31.1 Å². The van der Waals surface area contributed by atoms with Crippen molar-refractivity contribution in [2.75, 3.05) is 13.2 Å². The van der Waals surface area contributed by atoms with Gasteiger partial charge in [0.15, 0.2) is 6.10 Å². The Balaban J connectivity index is 4.06. The highest BCUT2D eigenvalue weighted by Crippen LogP contribution is 2.19. The van der Waals surface area contributed by atoms with Gasteiger partial charge in [-0.25, -0.2) is 0 Å². The van der Waals surface area contributed by atoms with E-state index in [0.717, 1.165) is 64.2 Å². The minimum Gasteiger partial charge on any atom is -0.462 e. The molecule has 0 rings (SSSR count). The van der Waals surface area contributed by atoms with Crippen LogP contribution in [0.3, 0.4) is 0 Å². The van der Waals surface area contributed by atoms with Crippen molar-refractivity contribution in [2.24, 2.45) is 0 Å². The molecule has 0 radical (unpaired) electrons. The van der Waals surface area contributed by atoms with Crippen LogP contribution in [0.5, 0.6) is 0 Å². The normalized spacial score (nSPS) is 12.1. The summed E-state index contributed by atoms with van der Waals surface area (Å²) in [7, 11) is 0. The van der Waals surface area contributed by atoms with E-state index in [1.54, 1.807) is 0 Å². The highest BCUT2D eigenvalue weighted by Gasteiger charge is 2.20. The molecular formula is C76H144O6. The van der Waals surface area contributed by atoms with Crippen LogP contribution in [-0.2, 0) is 28.6 Å². The van der Waals surface area contributed by atoms with E-state index < -0.39 is 6.10 Å². The van der Waals surface area contributed by atoms with Crippen molar-refractivity contribution in [3.05, 3.63) is 24.3 Å². The molecule has 82 heavy (non-hydrogen) atoms. The van der Waals surface area contributed by atoms with Gasteiger partial charge in [0.05, 0.1) is 0 Å². The lowest BCUT2D eigenvalue weighted by Crippen LogP contribution is -2.30. The fourth-order valence-electron chi connectivity index (χ4n) is 11.6. The number of ether oxygens (including phenoxy) is 3. The monoisotopic (exact) mass is 1150 g/mol. The molecule has 0 spiro atoms. The quantitative estimate of drug-likeness (QED) is 0.0261. The summed E-state index contributed by atoms with van der Waals surface area (Å²) in [5.74, 6) is -0.828. The topological polar surface area (TPSA) is 78.9 Å². The fraction of sp³-hybridized carbons (Fsp3) is 0.908. The number of hydrogen-bond acceptors (Lipinski definition) is 6. The lowest BCUT2D eigenvalue weighted by molar-refractivity contribution is -0.167. The summed E-state index contributed by atoms with van der Waals surface area (Å²) in [5.41, 5.74) is 0. The van der Waals surface area contributed by atoms with Crippen LogP contribution in [0.2, 0.25) is 0 Å². The molecule has 0 N–H and O–H groups in total. The summed E-state index contributed by atoms with van der Waals surface area (Å²) in [5, 5.41) is 0. The summed E-state index contributed by atoms with van der Waals surface area (Å²) in [4.78, 5) is 38.4. The number of carbonyl (C=O) groups is 3. The van der Waals surface area contributed by atoms with Gasteiger partial charge in [-0.05, 0) is 51.4 Å². The third-order valence-corrected chi connectivity index (χ3v) is 17.2. The van der Waals surface area contributed by atoms with E-state index in [0.29, 0.717) is 19.3 Å². The number of allylic oxidation sites excluding steroid dienone is 4. The Morgan fingerprint density at radius 1 is 0.244 bits per heavy atom. The first kappa shape index (κ1) is 79.9. The van der Waals surface area contributed by atoms with Crippen LogP contribution in [0.15, 0.2) is 24.3 Å². The SMILES string of the molecule is CCCCCCC/C=C\C/C=C\CCCCCCCCCCCCCCCCCCCCCCCC(=O)OCC(COC(=O)CCCCCCCCCCCCC)OC(=O)CCCCCCCCCCCCCCCCCCCCCC. The molecule has 0 aliphatic heterocycles. The summed E-state index contributed by atoms with van der Waals surface area (Å²) < 4.78 is 17.0. The molecule has 0 aromatic rings. The highest BCUT2D eigenvalue weighted by atomic mass is 16.6. The molecule has 0 bridgehead atoms. The fourth-order valence-corrected chi connectivity index (χ4v) is 11.6. The first-order chi connectivity index (χ1) is 40.5. The standard InChI is InChI=1S/C76H144O6/c1-4-7-10-13-16-19-22-24-26-28-30-32-33-34-35-36-37-38-39-40-41-42-43-44-46-47-49-51-54-57-60-63-66-69-75(78)81-72-73(71-80-74(77)68-65-62-59-56-53-21-18-15-12-9-6-3)82-76(79)70-67-64-61-58-55-52-50-48-45-31-29-27-25-23-20-17-14-11-8-5-2/h22,24,28,30,73H,4-21,23,25-27,29,31-72H2,1-3H3/b24-22-,30-28-. The average Bonchev–Trinajstić information content (AvgIpc) is 3.47. The molecule has 0 fully saturated rings. The van der Waals surface area contributed by atoms with Crippen LogP contribution in [0.4, 0.5) is 0 Å². The molecule has 6 heteroatoms. The lowest BCUT2D eigenvalue weighted by atomic mass is 10.0. The smallest absolute Gasteiger partial charge is 0.306 e. The maximum absolute atomic E-state index is 12.9. The molecule has 0 heterocycles. The van der Waals surface area contributed by atoms with Crippen molar-refractivity contribution in [3.63, 3.8) is 0 Å². The predicted octanol–water partition coefficient (Wildman–Crippen LogP) is 25.7. The second-order valence-corrected chi connectivity index (χ2v) is 25.6. The summed E-state index contributed by atoms with van der Waals surface area (Å²) >= 11 is 0. The Kier molecular flexibility index (Phi) is 69.5. The van der Waals surface area contributed by atoms with Gasteiger partial charge in [-0.3, -0.25) is 14.4 Å². The number of rotatable bonds is 70. The first-order valence-corrected chi connectivity index (χ1v) is 37.3. The van der Waals surface area contributed by atoms with E-state index in [1.807, 2.05) is 0 Å². The molecule has 0 amide bonds. The molecule has 1 atom stereocenters. The molecule has 0 saturated carbocycles. The number of carbonyl (C=O) groups excluding carboxylic acids is 3. The second-order valence-electron chi connectivity index (χ2n) is 25.6. The molecule has 484 valence electrons. The zero-order valence-electron chi connectivity index (χ0n) is 55.8. The largest absolute Gasteiger partial charge is 0.462 e. The van der Waals surface area contributed by atoms with Crippen LogP contribution in [0.25, 0.3) is 0 Å². The third kappa shape index (κ3) is 68.7. The van der Waals surface area contributed by atoms with E-state index in [4.69, 9.17) is 14.2 Å². The van der Waals surface area contributed by atoms with Crippen molar-refractivity contribution in [1.82, 2.24) is 0 Å². The molecule has 6 nitrogen and oxygen atoms in total. The molecule has 0 saturated heterocycles. The molecule has 0 aliphatic rings. The molecule has 0 aliphatic carbocycles. The van der Waals surface area contributed by atoms with Crippen LogP contribution in [0.1, 0.15) is 425 Å². The van der Waals surface area contributed by atoms with Crippen molar-refractivity contribution >= 4 is 17.9 Å². The Labute approximate surface area is 513 Å². The summed E-state index contributed by atoms with van der Waals surface area (Å²) in [6, 6.07) is 0. The Bertz CT molecular complexity index is 1320. The third-order valence-electron chi connectivity index (χ3n) is 17.2. The van der Waals surface area contributed by atoms with Gasteiger partial charge in [-0.15, -0.1) is 0 Å². The Hall–Kier alpha value is -2.11. The van der Waals surface area contributed by atoms with Crippen LogP contribution in [0, 0.1) is 0 Å². The Morgan fingerprint density at radius 2 is 0.439 bits per heavy atom. The second kappa shape index (κ2) is 71.4. The maximum atomic E-state index is 12.9. The van der Waals surface area contributed by atoms with E-state index in [1.165, 1.54) is 321 Å². The van der Waals surface area contributed by atoms with Gasteiger partial charge in [0.2, 0.25) is 0 Å². The highest BCUT2D eigenvalue weighted by molar-refractivity contribution is 5.71. The van der Waals surface area contributed by atoms with Gasteiger partial charge in [0.1, 0.15) is 13.2 Å². The predicted molar refractivity (Wildman–Crippen MR) is 358 cm³/mol. The van der Waals surface area contributed by atoms with Crippen molar-refractivity contribution in [2.45, 2.75) is 431 Å². The summed E-state index contributed by atoms with van der Waals surface area (Å²) in [6.07, 6.45) is 88.1. The number of unbranched alkanes of at least 4 members (excludes halogenated alkanes) is 55. The zero-order chi connectivity index (χ0) is 59.2. The van der Waals surface area contributed by atoms with E-state index in [9.17, 15) is 14.4 Å². The molecule has 0 aromatic heterocycles. The van der Waals surface area contributed by atoms with E-state index in [2.05, 4.69) is 45.1 Å². The van der Waals surface area contributed by atoms with Gasteiger partial charge >= 0.3 is 17.9 Å². The van der Waals surface area contributed by atoms with Crippen molar-refractivity contribution < 1.29 is 28.6 Å². The molecular weight excluding hydrogens is 1010 g/mol. The first-order valence-electron chi connectivity index (χ1n) is 37.3.